The third-order valence-electron chi connectivity index (χ3n) is 5.19. The Morgan fingerprint density at radius 3 is 2.55 bits per heavy atom. The number of aryl methyl sites for hydroxylation is 1. The number of hydrogen-bond acceptors (Lipinski definition) is 5. The highest BCUT2D eigenvalue weighted by molar-refractivity contribution is 5.91. The SMILES string of the molecule is CCNC(=NCc1ncc(-c2ccc(C)cc2)o1)N1CCN(C(=O)c2ccco2)CC1. The van der Waals surface area contributed by atoms with Gasteiger partial charge in [-0.1, -0.05) is 29.8 Å². The molecular weight excluding hydrogens is 394 g/mol. The molecule has 4 rings (SSSR count). The van der Waals surface area contributed by atoms with Gasteiger partial charge < -0.3 is 24.0 Å². The monoisotopic (exact) mass is 421 g/mol. The summed E-state index contributed by atoms with van der Waals surface area (Å²) in [5.41, 5.74) is 2.20. The molecule has 3 heterocycles. The zero-order valence-corrected chi connectivity index (χ0v) is 17.9. The first-order valence-electron chi connectivity index (χ1n) is 10.5. The number of rotatable bonds is 5. The molecule has 0 unspecified atom stereocenters. The summed E-state index contributed by atoms with van der Waals surface area (Å²) in [7, 11) is 0. The van der Waals surface area contributed by atoms with E-state index in [2.05, 4.69) is 34.3 Å². The molecule has 162 valence electrons. The first-order valence-corrected chi connectivity index (χ1v) is 10.5. The Balaban J connectivity index is 1.38. The van der Waals surface area contributed by atoms with E-state index in [0.29, 0.717) is 44.4 Å². The second-order valence-corrected chi connectivity index (χ2v) is 7.41. The van der Waals surface area contributed by atoms with Gasteiger partial charge in [0.25, 0.3) is 5.91 Å². The van der Waals surface area contributed by atoms with Crippen LogP contribution in [0.2, 0.25) is 0 Å². The van der Waals surface area contributed by atoms with Crippen molar-refractivity contribution in [1.82, 2.24) is 20.1 Å². The van der Waals surface area contributed by atoms with E-state index in [1.54, 1.807) is 23.2 Å². The number of carbonyl (C=O) groups excluding carboxylic acids is 1. The van der Waals surface area contributed by atoms with E-state index < -0.39 is 0 Å². The van der Waals surface area contributed by atoms with Crippen LogP contribution in [0.25, 0.3) is 11.3 Å². The number of guanidine groups is 1. The first kappa shape index (κ1) is 20.7. The predicted molar refractivity (Wildman–Crippen MR) is 118 cm³/mol. The van der Waals surface area contributed by atoms with Crippen molar-refractivity contribution in [2.45, 2.75) is 20.4 Å². The first-order chi connectivity index (χ1) is 15.1. The van der Waals surface area contributed by atoms with Crippen molar-refractivity contribution in [3.8, 4) is 11.3 Å². The zero-order chi connectivity index (χ0) is 21.6. The molecule has 1 saturated heterocycles. The van der Waals surface area contributed by atoms with Crippen molar-refractivity contribution in [2.24, 2.45) is 4.99 Å². The van der Waals surface area contributed by atoms with Crippen LogP contribution in [-0.2, 0) is 6.54 Å². The minimum atomic E-state index is -0.0741. The lowest BCUT2D eigenvalue weighted by Crippen LogP contribution is -2.53. The normalized spacial score (nSPS) is 14.7. The lowest BCUT2D eigenvalue weighted by atomic mass is 10.1. The van der Waals surface area contributed by atoms with Crippen LogP contribution in [0.5, 0.6) is 0 Å². The quantitative estimate of drug-likeness (QED) is 0.503. The lowest BCUT2D eigenvalue weighted by molar-refractivity contribution is 0.0657. The number of furan rings is 1. The number of nitrogens with one attached hydrogen (secondary N) is 1. The summed E-state index contributed by atoms with van der Waals surface area (Å²) in [6.07, 6.45) is 3.26. The van der Waals surface area contributed by atoms with Crippen LogP contribution < -0.4 is 5.32 Å². The third-order valence-corrected chi connectivity index (χ3v) is 5.19. The van der Waals surface area contributed by atoms with Gasteiger partial charge in [-0.25, -0.2) is 9.98 Å². The summed E-state index contributed by atoms with van der Waals surface area (Å²) >= 11 is 0. The average molecular weight is 422 g/mol. The molecule has 1 aliphatic rings. The number of amides is 1. The topological polar surface area (TPSA) is 87.1 Å². The van der Waals surface area contributed by atoms with Gasteiger partial charge in [-0.3, -0.25) is 4.79 Å². The maximum Gasteiger partial charge on any atom is 0.289 e. The third kappa shape index (κ3) is 4.96. The average Bonchev–Trinajstić information content (AvgIpc) is 3.49. The Bertz CT molecular complexity index is 1020. The number of hydrogen-bond donors (Lipinski definition) is 1. The van der Waals surface area contributed by atoms with E-state index in [4.69, 9.17) is 13.8 Å². The molecule has 8 heteroatoms. The fourth-order valence-corrected chi connectivity index (χ4v) is 3.48. The number of carbonyl (C=O) groups is 1. The lowest BCUT2D eigenvalue weighted by Gasteiger charge is -2.36. The Labute approximate surface area is 181 Å². The molecule has 8 nitrogen and oxygen atoms in total. The summed E-state index contributed by atoms with van der Waals surface area (Å²) in [6.45, 7) is 7.80. The molecule has 1 aromatic carbocycles. The molecule has 3 aromatic rings. The maximum atomic E-state index is 12.5. The van der Waals surface area contributed by atoms with E-state index >= 15 is 0 Å². The van der Waals surface area contributed by atoms with Gasteiger partial charge in [0.1, 0.15) is 6.54 Å². The number of oxazole rings is 1. The smallest absolute Gasteiger partial charge is 0.289 e. The summed E-state index contributed by atoms with van der Waals surface area (Å²) < 4.78 is 11.1. The molecular formula is C23H27N5O3. The van der Waals surface area contributed by atoms with Crippen LogP contribution in [0.3, 0.4) is 0 Å². The number of benzene rings is 1. The van der Waals surface area contributed by atoms with Crippen LogP contribution in [0.4, 0.5) is 0 Å². The summed E-state index contributed by atoms with van der Waals surface area (Å²) in [5, 5.41) is 3.32. The molecule has 0 spiro atoms. The summed E-state index contributed by atoms with van der Waals surface area (Å²) in [4.78, 5) is 25.5. The number of piperazine rings is 1. The van der Waals surface area contributed by atoms with E-state index in [1.165, 1.54) is 11.8 Å². The molecule has 1 amide bonds. The van der Waals surface area contributed by atoms with Crippen molar-refractivity contribution in [2.75, 3.05) is 32.7 Å². The predicted octanol–water partition coefficient (Wildman–Crippen LogP) is 3.17. The number of aromatic nitrogens is 1. The fraction of sp³-hybridized carbons (Fsp3) is 0.348. The summed E-state index contributed by atoms with van der Waals surface area (Å²) in [6, 6.07) is 11.6. The standard InChI is InChI=1S/C23H27N5O3/c1-3-24-23(28-12-10-27(11-13-28)22(29)19-5-4-14-30-19)26-16-21-25-15-20(31-21)18-8-6-17(2)7-9-18/h4-9,14-15H,3,10-13,16H2,1-2H3,(H,24,26). The van der Waals surface area contributed by atoms with Gasteiger partial charge in [-0.2, -0.15) is 0 Å². The van der Waals surface area contributed by atoms with Gasteiger partial charge in [0.05, 0.1) is 12.5 Å². The van der Waals surface area contributed by atoms with Gasteiger partial charge in [0.15, 0.2) is 17.5 Å². The van der Waals surface area contributed by atoms with E-state index in [1.807, 2.05) is 19.1 Å². The highest BCUT2D eigenvalue weighted by Gasteiger charge is 2.25. The van der Waals surface area contributed by atoms with Crippen molar-refractivity contribution >= 4 is 11.9 Å². The van der Waals surface area contributed by atoms with E-state index in [9.17, 15) is 4.79 Å². The van der Waals surface area contributed by atoms with Gasteiger partial charge in [0.2, 0.25) is 5.89 Å². The summed E-state index contributed by atoms with van der Waals surface area (Å²) in [5.74, 6) is 2.40. The van der Waals surface area contributed by atoms with Crippen LogP contribution >= 0.6 is 0 Å². The molecule has 2 aromatic heterocycles. The van der Waals surface area contributed by atoms with Crippen molar-refractivity contribution in [3.63, 3.8) is 0 Å². The zero-order valence-electron chi connectivity index (χ0n) is 17.9. The highest BCUT2D eigenvalue weighted by atomic mass is 16.4. The second kappa shape index (κ2) is 9.51. The molecule has 0 radical (unpaired) electrons. The van der Waals surface area contributed by atoms with E-state index in [0.717, 1.165) is 23.8 Å². The van der Waals surface area contributed by atoms with E-state index in [-0.39, 0.29) is 5.91 Å². The molecule has 0 aliphatic carbocycles. The van der Waals surface area contributed by atoms with Gasteiger partial charge in [-0.05, 0) is 26.0 Å². The molecule has 31 heavy (non-hydrogen) atoms. The van der Waals surface area contributed by atoms with Crippen LogP contribution in [0.15, 0.2) is 62.7 Å². The van der Waals surface area contributed by atoms with Gasteiger partial charge in [0, 0.05) is 38.3 Å². The van der Waals surface area contributed by atoms with Crippen molar-refractivity contribution < 1.29 is 13.6 Å². The second-order valence-electron chi connectivity index (χ2n) is 7.41. The van der Waals surface area contributed by atoms with Crippen molar-refractivity contribution in [3.05, 3.63) is 66.1 Å². The molecule has 0 atom stereocenters. The van der Waals surface area contributed by atoms with Gasteiger partial charge >= 0.3 is 0 Å². The van der Waals surface area contributed by atoms with Crippen LogP contribution in [0, 0.1) is 6.92 Å². The Morgan fingerprint density at radius 2 is 1.87 bits per heavy atom. The largest absolute Gasteiger partial charge is 0.459 e. The maximum absolute atomic E-state index is 12.5. The van der Waals surface area contributed by atoms with Crippen LogP contribution in [-0.4, -0.2) is 59.4 Å². The van der Waals surface area contributed by atoms with Crippen molar-refractivity contribution in [1.29, 1.82) is 0 Å². The minimum absolute atomic E-state index is 0.0741. The molecule has 1 fully saturated rings. The highest BCUT2D eigenvalue weighted by Crippen LogP contribution is 2.21. The minimum Gasteiger partial charge on any atom is -0.459 e. The molecule has 1 aliphatic heterocycles. The Morgan fingerprint density at radius 1 is 1.13 bits per heavy atom. The van der Waals surface area contributed by atoms with Crippen LogP contribution in [0.1, 0.15) is 28.9 Å². The Hall–Kier alpha value is -3.55. The number of aliphatic imine (C=N–C) groups is 1. The Kier molecular flexibility index (Phi) is 6.35. The molecule has 1 N–H and O–H groups in total. The van der Waals surface area contributed by atoms with Gasteiger partial charge in [-0.15, -0.1) is 0 Å². The molecule has 0 bridgehead atoms. The number of nitrogens with zero attached hydrogens (tertiary/aromatic N) is 4. The fourth-order valence-electron chi connectivity index (χ4n) is 3.48. The molecule has 0 saturated carbocycles.